The van der Waals surface area contributed by atoms with Crippen LogP contribution in [-0.4, -0.2) is 5.97 Å². The Kier molecular flexibility index (Phi) is 5.18. The van der Waals surface area contributed by atoms with Gasteiger partial charge in [-0.2, -0.15) is 8.78 Å². The van der Waals surface area contributed by atoms with Crippen molar-refractivity contribution in [3.05, 3.63) is 71.3 Å². The van der Waals surface area contributed by atoms with Crippen LogP contribution in [0.3, 0.4) is 0 Å². The van der Waals surface area contributed by atoms with Crippen molar-refractivity contribution in [2.24, 2.45) is 17.3 Å². The summed E-state index contributed by atoms with van der Waals surface area (Å²) in [5.74, 6) is -1.39. The Bertz CT molecular complexity index is 881. The van der Waals surface area contributed by atoms with Gasteiger partial charge in [-0.1, -0.05) is 56.3 Å². The maximum Gasteiger partial charge on any atom is 0.310 e. The van der Waals surface area contributed by atoms with Gasteiger partial charge in [0.05, 0.1) is 5.92 Å². The molecule has 0 saturated heterocycles. The minimum absolute atomic E-state index is 0.151. The topological polar surface area (TPSA) is 26.3 Å². The maximum absolute atomic E-state index is 12.6. The van der Waals surface area contributed by atoms with Gasteiger partial charge in [0, 0.05) is 5.92 Å². The highest BCUT2D eigenvalue weighted by molar-refractivity contribution is 5.78. The van der Waals surface area contributed by atoms with Gasteiger partial charge in [-0.3, -0.25) is 4.79 Å². The smallest absolute Gasteiger partial charge is 0.310 e. The van der Waals surface area contributed by atoms with Crippen LogP contribution in [0.4, 0.5) is 8.78 Å². The van der Waals surface area contributed by atoms with Gasteiger partial charge < -0.3 is 4.74 Å². The molecule has 0 radical (unpaired) electrons. The largest absolute Gasteiger partial charge is 0.461 e. The number of allylic oxidation sites excluding steroid dienone is 1. The molecular weight excluding hydrogens is 346 g/mol. The van der Waals surface area contributed by atoms with Crippen molar-refractivity contribution in [1.29, 1.82) is 0 Å². The van der Waals surface area contributed by atoms with Crippen molar-refractivity contribution in [3.8, 4) is 11.1 Å². The lowest BCUT2D eigenvalue weighted by molar-refractivity contribution is -0.147. The van der Waals surface area contributed by atoms with E-state index in [2.05, 4.69) is 6.07 Å². The summed E-state index contributed by atoms with van der Waals surface area (Å²) >= 11 is 0. The van der Waals surface area contributed by atoms with Crippen LogP contribution in [0, 0.1) is 31.1 Å². The fraction of sp³-hybridized carbons (Fsp3) is 0.348. The first-order valence-corrected chi connectivity index (χ1v) is 9.07. The maximum atomic E-state index is 12.6. The Hall–Kier alpha value is -2.49. The summed E-state index contributed by atoms with van der Waals surface area (Å²) in [6.07, 6.45) is -0.871. The van der Waals surface area contributed by atoms with Gasteiger partial charge in [0.15, 0.2) is 0 Å². The quantitative estimate of drug-likeness (QED) is 0.598. The number of ether oxygens (including phenoxy) is 1. The molecule has 2 nitrogen and oxygen atoms in total. The van der Waals surface area contributed by atoms with Gasteiger partial charge in [-0.05, 0) is 53.2 Å². The normalized spacial score (nSPS) is 20.1. The van der Waals surface area contributed by atoms with Gasteiger partial charge in [-0.25, -0.2) is 0 Å². The molecule has 3 rings (SSSR count). The molecular formula is C23H24F2O2. The molecule has 2 aromatic carbocycles. The summed E-state index contributed by atoms with van der Waals surface area (Å²) in [7, 11) is 0. The predicted molar refractivity (Wildman–Crippen MR) is 102 cm³/mol. The van der Waals surface area contributed by atoms with Crippen LogP contribution in [0.5, 0.6) is 0 Å². The van der Waals surface area contributed by atoms with E-state index in [4.69, 9.17) is 4.74 Å². The molecule has 1 fully saturated rings. The molecule has 0 aliphatic heterocycles. The van der Waals surface area contributed by atoms with Crippen molar-refractivity contribution in [1.82, 2.24) is 0 Å². The molecule has 1 aliphatic rings. The highest BCUT2D eigenvalue weighted by Gasteiger charge is 2.62. The first-order chi connectivity index (χ1) is 12.7. The van der Waals surface area contributed by atoms with Gasteiger partial charge in [-0.15, -0.1) is 0 Å². The lowest BCUT2D eigenvalue weighted by Crippen LogP contribution is -2.12. The molecule has 0 heterocycles. The second-order valence-electron chi connectivity index (χ2n) is 7.79. The zero-order chi connectivity index (χ0) is 19.8. The van der Waals surface area contributed by atoms with Crippen molar-refractivity contribution >= 4 is 5.97 Å². The van der Waals surface area contributed by atoms with Crippen molar-refractivity contribution in [3.63, 3.8) is 0 Å². The molecule has 0 spiro atoms. The summed E-state index contributed by atoms with van der Waals surface area (Å²) in [4.78, 5) is 12.5. The third kappa shape index (κ3) is 3.80. The molecule has 0 aromatic heterocycles. The summed E-state index contributed by atoms with van der Waals surface area (Å²) in [6, 6.07) is 14.1. The standard InChI is InChI=1S/C23H24F2O2/c1-14-10-11-17(16-8-6-5-7-9-16)15(2)18(14)13-27-22(26)21-19(12-20(24)25)23(21,3)4/h5-12,19,21H,13H2,1-4H3/t19-,21+/m1/s1. The van der Waals surface area contributed by atoms with E-state index < -0.39 is 29.3 Å². The molecule has 0 N–H and O–H groups in total. The Morgan fingerprint density at radius 1 is 1.11 bits per heavy atom. The van der Waals surface area contributed by atoms with E-state index in [1.807, 2.05) is 64.1 Å². The second-order valence-corrected chi connectivity index (χ2v) is 7.79. The van der Waals surface area contributed by atoms with Crippen molar-refractivity contribution < 1.29 is 18.3 Å². The number of hydrogen-bond acceptors (Lipinski definition) is 2. The minimum Gasteiger partial charge on any atom is -0.461 e. The summed E-state index contributed by atoms with van der Waals surface area (Å²) in [5, 5.41) is 0. The fourth-order valence-electron chi connectivity index (χ4n) is 3.85. The molecule has 1 saturated carbocycles. The molecule has 2 aromatic rings. The number of esters is 1. The van der Waals surface area contributed by atoms with E-state index in [0.717, 1.165) is 33.9 Å². The SMILES string of the molecule is Cc1ccc(-c2ccccc2)c(C)c1COC(=O)[C@@H]1[C@@H](C=C(F)F)C1(C)C. The fourth-order valence-corrected chi connectivity index (χ4v) is 3.85. The lowest BCUT2D eigenvalue weighted by Gasteiger charge is -2.15. The molecule has 0 amide bonds. The number of carbonyl (C=O) groups excluding carboxylic acids is 1. The van der Waals surface area contributed by atoms with E-state index >= 15 is 0 Å². The summed E-state index contributed by atoms with van der Waals surface area (Å²) in [5.41, 5.74) is 4.79. The Morgan fingerprint density at radius 2 is 1.78 bits per heavy atom. The average molecular weight is 370 g/mol. The molecule has 0 unspecified atom stereocenters. The van der Waals surface area contributed by atoms with E-state index in [-0.39, 0.29) is 6.61 Å². The molecule has 2 atom stereocenters. The number of halogens is 2. The molecule has 142 valence electrons. The van der Waals surface area contributed by atoms with E-state index in [0.29, 0.717) is 0 Å². The molecule has 27 heavy (non-hydrogen) atoms. The number of carbonyl (C=O) groups is 1. The van der Waals surface area contributed by atoms with Crippen LogP contribution in [-0.2, 0) is 16.1 Å². The van der Waals surface area contributed by atoms with Crippen molar-refractivity contribution in [2.45, 2.75) is 34.3 Å². The summed E-state index contributed by atoms with van der Waals surface area (Å²) < 4.78 is 30.7. The summed E-state index contributed by atoms with van der Waals surface area (Å²) in [6.45, 7) is 7.78. The number of aryl methyl sites for hydroxylation is 1. The average Bonchev–Trinajstić information content (AvgIpc) is 3.14. The Morgan fingerprint density at radius 3 is 2.41 bits per heavy atom. The van der Waals surface area contributed by atoms with Crippen LogP contribution in [0.15, 0.2) is 54.6 Å². The molecule has 0 bridgehead atoms. The van der Waals surface area contributed by atoms with E-state index in [1.165, 1.54) is 0 Å². The van der Waals surface area contributed by atoms with E-state index in [1.54, 1.807) is 0 Å². The first kappa shape index (κ1) is 19.3. The first-order valence-electron chi connectivity index (χ1n) is 9.07. The van der Waals surface area contributed by atoms with Crippen LogP contribution < -0.4 is 0 Å². The highest BCUT2D eigenvalue weighted by Crippen LogP contribution is 2.60. The molecule has 1 aliphatic carbocycles. The third-order valence-electron chi connectivity index (χ3n) is 5.75. The van der Waals surface area contributed by atoms with Gasteiger partial charge in [0.25, 0.3) is 6.08 Å². The van der Waals surface area contributed by atoms with Crippen molar-refractivity contribution in [2.75, 3.05) is 0 Å². The third-order valence-corrected chi connectivity index (χ3v) is 5.75. The van der Waals surface area contributed by atoms with Crippen LogP contribution >= 0.6 is 0 Å². The lowest BCUT2D eigenvalue weighted by atomic mass is 9.94. The zero-order valence-electron chi connectivity index (χ0n) is 16.1. The zero-order valence-corrected chi connectivity index (χ0v) is 16.1. The van der Waals surface area contributed by atoms with Gasteiger partial charge in [0.1, 0.15) is 6.61 Å². The number of rotatable bonds is 5. The van der Waals surface area contributed by atoms with Gasteiger partial charge in [0.2, 0.25) is 0 Å². The highest BCUT2D eigenvalue weighted by atomic mass is 19.3. The molecule has 4 heteroatoms. The van der Waals surface area contributed by atoms with Crippen LogP contribution in [0.25, 0.3) is 11.1 Å². The number of hydrogen-bond donors (Lipinski definition) is 0. The van der Waals surface area contributed by atoms with Crippen LogP contribution in [0.2, 0.25) is 0 Å². The van der Waals surface area contributed by atoms with Gasteiger partial charge >= 0.3 is 5.97 Å². The Labute approximate surface area is 158 Å². The number of benzene rings is 2. The Balaban J connectivity index is 1.77. The van der Waals surface area contributed by atoms with Crippen LogP contribution in [0.1, 0.15) is 30.5 Å². The van der Waals surface area contributed by atoms with E-state index in [9.17, 15) is 13.6 Å². The monoisotopic (exact) mass is 370 g/mol. The minimum atomic E-state index is -1.74. The predicted octanol–water partition coefficient (Wildman–Crippen LogP) is 6.07. The second kappa shape index (κ2) is 7.26.